The van der Waals surface area contributed by atoms with E-state index in [1.807, 2.05) is 4.90 Å². The molecule has 1 aliphatic carbocycles. The summed E-state index contributed by atoms with van der Waals surface area (Å²) >= 11 is 0. The van der Waals surface area contributed by atoms with Crippen LogP contribution in [0.4, 0.5) is 4.79 Å². The molecule has 2 fully saturated rings. The number of rotatable bonds is 3. The molecular weight excluding hydrogens is 268 g/mol. The van der Waals surface area contributed by atoms with Crippen LogP contribution in [-0.4, -0.2) is 40.1 Å². The molecule has 1 saturated carbocycles. The van der Waals surface area contributed by atoms with E-state index in [4.69, 9.17) is 0 Å². The van der Waals surface area contributed by atoms with Gasteiger partial charge in [-0.25, -0.2) is 9.59 Å². The highest BCUT2D eigenvalue weighted by Crippen LogP contribution is 2.33. The van der Waals surface area contributed by atoms with Gasteiger partial charge in [-0.2, -0.15) is 0 Å². The molecule has 21 heavy (non-hydrogen) atoms. The van der Waals surface area contributed by atoms with E-state index in [1.54, 1.807) is 0 Å². The summed E-state index contributed by atoms with van der Waals surface area (Å²) < 4.78 is 0. The van der Waals surface area contributed by atoms with Crippen LogP contribution in [0, 0.1) is 11.8 Å². The van der Waals surface area contributed by atoms with Gasteiger partial charge < -0.3 is 15.3 Å². The van der Waals surface area contributed by atoms with Gasteiger partial charge >= 0.3 is 12.0 Å². The summed E-state index contributed by atoms with van der Waals surface area (Å²) in [6, 6.07) is 0.0431. The van der Waals surface area contributed by atoms with Crippen LogP contribution in [0.15, 0.2) is 0 Å². The Morgan fingerprint density at radius 2 is 1.86 bits per heavy atom. The quantitative estimate of drug-likeness (QED) is 0.841. The van der Waals surface area contributed by atoms with E-state index < -0.39 is 11.5 Å². The fourth-order valence-corrected chi connectivity index (χ4v) is 3.66. The predicted octanol–water partition coefficient (Wildman–Crippen LogP) is 2.85. The summed E-state index contributed by atoms with van der Waals surface area (Å²) in [4.78, 5) is 26.1. The molecule has 0 aromatic carbocycles. The summed E-state index contributed by atoms with van der Waals surface area (Å²) in [6.45, 7) is 7.11. The Hall–Kier alpha value is -1.26. The molecule has 5 heteroatoms. The third kappa shape index (κ3) is 3.33. The third-order valence-corrected chi connectivity index (χ3v) is 5.21. The zero-order valence-corrected chi connectivity index (χ0v) is 13.4. The minimum atomic E-state index is -1.06. The average Bonchev–Trinajstić information content (AvgIpc) is 2.91. The number of urea groups is 1. The lowest BCUT2D eigenvalue weighted by atomic mass is 9.77. The van der Waals surface area contributed by atoms with Crippen molar-refractivity contribution in [1.29, 1.82) is 0 Å². The summed E-state index contributed by atoms with van der Waals surface area (Å²) in [5.74, 6) is 0.0676. The third-order valence-electron chi connectivity index (χ3n) is 5.21. The van der Waals surface area contributed by atoms with Crippen molar-refractivity contribution >= 4 is 12.0 Å². The molecule has 1 unspecified atom stereocenters. The number of hydrogen-bond donors (Lipinski definition) is 2. The molecule has 0 aromatic heterocycles. The van der Waals surface area contributed by atoms with Crippen LogP contribution in [0.5, 0.6) is 0 Å². The van der Waals surface area contributed by atoms with Gasteiger partial charge in [-0.15, -0.1) is 0 Å². The Labute approximate surface area is 127 Å². The lowest BCUT2D eigenvalue weighted by Gasteiger charge is -2.38. The smallest absolute Gasteiger partial charge is 0.329 e. The van der Waals surface area contributed by atoms with Crippen molar-refractivity contribution in [2.24, 2.45) is 11.8 Å². The van der Waals surface area contributed by atoms with Crippen molar-refractivity contribution in [3.63, 3.8) is 0 Å². The first-order valence-corrected chi connectivity index (χ1v) is 8.18. The van der Waals surface area contributed by atoms with Gasteiger partial charge in [0.25, 0.3) is 0 Å². The first-order chi connectivity index (χ1) is 9.85. The standard InChI is InChI=1S/C16H28N2O3/c1-11(2)13-5-4-10-18(13)15(21)17-16(14(19)20)8-6-12(3)7-9-16/h11-13H,4-10H2,1-3H3,(H,17,21)(H,19,20). The van der Waals surface area contributed by atoms with Gasteiger partial charge in [0, 0.05) is 12.6 Å². The van der Waals surface area contributed by atoms with Gasteiger partial charge in [-0.3, -0.25) is 0 Å². The van der Waals surface area contributed by atoms with Gasteiger partial charge in [-0.05, 0) is 50.4 Å². The van der Waals surface area contributed by atoms with Crippen LogP contribution in [0.25, 0.3) is 0 Å². The zero-order valence-electron chi connectivity index (χ0n) is 13.4. The second-order valence-corrected chi connectivity index (χ2v) is 7.15. The molecular formula is C16H28N2O3. The lowest BCUT2D eigenvalue weighted by Crippen LogP contribution is -2.60. The summed E-state index contributed by atoms with van der Waals surface area (Å²) in [6.07, 6.45) is 4.82. The fourth-order valence-electron chi connectivity index (χ4n) is 3.66. The van der Waals surface area contributed by atoms with Crippen LogP contribution in [0.2, 0.25) is 0 Å². The molecule has 1 saturated heterocycles. The normalized spacial score (nSPS) is 33.2. The molecule has 1 aliphatic heterocycles. The Morgan fingerprint density at radius 3 is 2.38 bits per heavy atom. The van der Waals surface area contributed by atoms with Crippen LogP contribution in [0.1, 0.15) is 59.3 Å². The molecule has 2 aliphatic rings. The van der Waals surface area contributed by atoms with Crippen LogP contribution >= 0.6 is 0 Å². The lowest BCUT2D eigenvalue weighted by molar-refractivity contribution is -0.146. The molecule has 120 valence electrons. The Kier molecular flexibility index (Phi) is 4.79. The molecule has 5 nitrogen and oxygen atoms in total. The molecule has 2 N–H and O–H groups in total. The van der Waals surface area contributed by atoms with Crippen molar-refractivity contribution in [3.05, 3.63) is 0 Å². The first kappa shape index (κ1) is 16.1. The van der Waals surface area contributed by atoms with Crippen LogP contribution < -0.4 is 5.32 Å². The van der Waals surface area contributed by atoms with Gasteiger partial charge in [0.15, 0.2) is 0 Å². The van der Waals surface area contributed by atoms with E-state index >= 15 is 0 Å². The van der Waals surface area contributed by atoms with Crippen molar-refractivity contribution in [1.82, 2.24) is 10.2 Å². The fraction of sp³-hybridized carbons (Fsp3) is 0.875. The summed E-state index contributed by atoms with van der Waals surface area (Å²) in [5, 5.41) is 12.5. The number of aliphatic carboxylic acids is 1. The Balaban J connectivity index is 2.07. The first-order valence-electron chi connectivity index (χ1n) is 8.18. The second kappa shape index (κ2) is 6.24. The molecule has 0 aromatic rings. The van der Waals surface area contributed by atoms with E-state index in [0.717, 1.165) is 32.2 Å². The van der Waals surface area contributed by atoms with Crippen molar-refractivity contribution in [3.8, 4) is 0 Å². The maximum absolute atomic E-state index is 12.6. The molecule has 0 spiro atoms. The predicted molar refractivity (Wildman–Crippen MR) is 81.1 cm³/mol. The van der Waals surface area contributed by atoms with Gasteiger partial charge in [-0.1, -0.05) is 20.8 Å². The van der Waals surface area contributed by atoms with E-state index in [-0.39, 0.29) is 12.1 Å². The molecule has 2 amide bonds. The molecule has 0 bridgehead atoms. The number of carboxylic acids is 1. The topological polar surface area (TPSA) is 69.6 Å². The monoisotopic (exact) mass is 296 g/mol. The SMILES string of the molecule is CC1CCC(NC(=O)N2CCCC2C(C)C)(C(=O)O)CC1. The highest BCUT2D eigenvalue weighted by molar-refractivity contribution is 5.86. The number of carbonyl (C=O) groups is 2. The zero-order chi connectivity index (χ0) is 15.6. The Bertz CT molecular complexity index is 400. The van der Waals surface area contributed by atoms with Crippen molar-refractivity contribution < 1.29 is 14.7 Å². The molecule has 0 radical (unpaired) electrons. The number of likely N-dealkylation sites (tertiary alicyclic amines) is 1. The molecule has 1 heterocycles. The van der Waals surface area contributed by atoms with E-state index in [9.17, 15) is 14.7 Å². The average molecular weight is 296 g/mol. The van der Waals surface area contributed by atoms with Crippen LogP contribution in [-0.2, 0) is 4.79 Å². The number of carboxylic acid groups (broad SMARTS) is 1. The highest BCUT2D eigenvalue weighted by Gasteiger charge is 2.44. The highest BCUT2D eigenvalue weighted by atomic mass is 16.4. The number of nitrogens with zero attached hydrogens (tertiary/aromatic N) is 1. The van der Waals surface area contributed by atoms with E-state index in [1.165, 1.54) is 0 Å². The van der Waals surface area contributed by atoms with E-state index in [0.29, 0.717) is 24.7 Å². The maximum atomic E-state index is 12.6. The largest absolute Gasteiger partial charge is 0.480 e. The van der Waals surface area contributed by atoms with Crippen molar-refractivity contribution in [2.75, 3.05) is 6.54 Å². The Morgan fingerprint density at radius 1 is 1.24 bits per heavy atom. The van der Waals surface area contributed by atoms with Gasteiger partial charge in [0.05, 0.1) is 0 Å². The molecule has 1 atom stereocenters. The van der Waals surface area contributed by atoms with Crippen molar-refractivity contribution in [2.45, 2.75) is 70.9 Å². The maximum Gasteiger partial charge on any atom is 0.329 e. The second-order valence-electron chi connectivity index (χ2n) is 7.15. The van der Waals surface area contributed by atoms with Gasteiger partial charge in [0.2, 0.25) is 0 Å². The number of carbonyl (C=O) groups excluding carboxylic acids is 1. The summed E-state index contributed by atoms with van der Waals surface area (Å²) in [7, 11) is 0. The minimum absolute atomic E-state index is 0.192. The van der Waals surface area contributed by atoms with E-state index in [2.05, 4.69) is 26.1 Å². The number of hydrogen-bond acceptors (Lipinski definition) is 2. The number of amides is 2. The summed E-state index contributed by atoms with van der Waals surface area (Å²) in [5.41, 5.74) is -1.06. The minimum Gasteiger partial charge on any atom is -0.480 e. The van der Waals surface area contributed by atoms with Gasteiger partial charge in [0.1, 0.15) is 5.54 Å². The van der Waals surface area contributed by atoms with Crippen LogP contribution in [0.3, 0.4) is 0 Å². The number of nitrogens with one attached hydrogen (secondary N) is 1. The molecule has 2 rings (SSSR count).